The van der Waals surface area contributed by atoms with Crippen LogP contribution in [0.3, 0.4) is 0 Å². The van der Waals surface area contributed by atoms with E-state index in [1.54, 1.807) is 0 Å². The van der Waals surface area contributed by atoms with Crippen LogP contribution in [0.15, 0.2) is 12.7 Å². The Morgan fingerprint density at radius 2 is 2.00 bits per heavy atom. The highest BCUT2D eigenvalue weighted by Crippen LogP contribution is 2.38. The van der Waals surface area contributed by atoms with Crippen molar-refractivity contribution in [1.82, 2.24) is 19.5 Å². The van der Waals surface area contributed by atoms with Gasteiger partial charge in [-0.25, -0.2) is 19.3 Å². The number of imidazole rings is 1. The van der Waals surface area contributed by atoms with Crippen LogP contribution in [0, 0.1) is 5.92 Å². The zero-order valence-electron chi connectivity index (χ0n) is 10.3. The maximum atomic E-state index is 13.9. The number of nitrogens with zero attached hydrogens (tertiary/aromatic N) is 4. The average molecular weight is 283 g/mol. The summed E-state index contributed by atoms with van der Waals surface area (Å²) in [6.45, 7) is -0.556. The zero-order valence-corrected chi connectivity index (χ0v) is 10.3. The predicted octanol–water partition coefficient (Wildman–Crippen LogP) is -1.37. The Hall–Kier alpha value is -1.84. The maximum Gasteiger partial charge on any atom is 0.165 e. The van der Waals surface area contributed by atoms with E-state index >= 15 is 0 Å². The van der Waals surface area contributed by atoms with Gasteiger partial charge in [0.2, 0.25) is 0 Å². The Morgan fingerprint density at radius 1 is 1.25 bits per heavy atom. The highest BCUT2D eigenvalue weighted by molar-refractivity contribution is 5.81. The Kier molecular flexibility index (Phi) is 3.04. The smallest absolute Gasteiger partial charge is 0.165 e. The summed E-state index contributed by atoms with van der Waals surface area (Å²) in [5.74, 6) is -0.891. The van der Waals surface area contributed by atoms with E-state index in [1.165, 1.54) is 17.2 Å². The summed E-state index contributed by atoms with van der Waals surface area (Å²) >= 11 is 0. The third-order valence-corrected chi connectivity index (χ3v) is 3.79. The summed E-state index contributed by atoms with van der Waals surface area (Å²) in [7, 11) is 0. The first-order valence-corrected chi connectivity index (χ1v) is 6.10. The molecule has 5 N–H and O–H groups in total. The molecule has 0 aliphatic heterocycles. The minimum absolute atomic E-state index is 0.159. The van der Waals surface area contributed by atoms with Gasteiger partial charge in [0.1, 0.15) is 24.1 Å². The first-order valence-electron chi connectivity index (χ1n) is 6.10. The molecular weight excluding hydrogens is 269 g/mol. The molecule has 1 aliphatic rings. The van der Waals surface area contributed by atoms with E-state index in [-0.39, 0.29) is 5.82 Å². The molecular formula is C11H14FN5O3. The number of anilines is 1. The SMILES string of the molecule is Nc1ncnc2c1ncn2[C@H]1[C@H](O)[C@H](F)[C@@H](CO)[C@@H]1O. The molecule has 5 atom stereocenters. The second-order valence-corrected chi connectivity index (χ2v) is 4.85. The van der Waals surface area contributed by atoms with Crippen LogP contribution in [-0.4, -0.2) is 59.8 Å². The van der Waals surface area contributed by atoms with Crippen LogP contribution in [0.1, 0.15) is 6.04 Å². The van der Waals surface area contributed by atoms with E-state index in [0.717, 1.165) is 0 Å². The van der Waals surface area contributed by atoms with Crippen molar-refractivity contribution in [2.24, 2.45) is 5.92 Å². The van der Waals surface area contributed by atoms with E-state index < -0.39 is 36.9 Å². The molecule has 0 bridgehead atoms. The van der Waals surface area contributed by atoms with Gasteiger partial charge in [-0.2, -0.15) is 0 Å². The number of alkyl halides is 1. The van der Waals surface area contributed by atoms with Crippen LogP contribution < -0.4 is 5.73 Å². The molecule has 3 rings (SSSR count). The first kappa shape index (κ1) is 13.2. The van der Waals surface area contributed by atoms with Crippen molar-refractivity contribution < 1.29 is 19.7 Å². The Balaban J connectivity index is 2.09. The fraction of sp³-hybridized carbons (Fsp3) is 0.545. The molecule has 2 heterocycles. The van der Waals surface area contributed by atoms with Gasteiger partial charge in [0.15, 0.2) is 11.5 Å². The fourth-order valence-corrected chi connectivity index (χ4v) is 2.71. The molecule has 108 valence electrons. The number of aromatic nitrogens is 4. The van der Waals surface area contributed by atoms with E-state index in [9.17, 15) is 14.6 Å². The average Bonchev–Trinajstić information content (AvgIpc) is 2.92. The molecule has 2 aromatic heterocycles. The van der Waals surface area contributed by atoms with Gasteiger partial charge in [0.05, 0.1) is 25.1 Å². The van der Waals surface area contributed by atoms with Gasteiger partial charge in [-0.3, -0.25) is 0 Å². The monoisotopic (exact) mass is 283 g/mol. The Bertz CT molecular complexity index is 636. The van der Waals surface area contributed by atoms with Gasteiger partial charge in [-0.1, -0.05) is 0 Å². The van der Waals surface area contributed by atoms with Gasteiger partial charge in [0, 0.05) is 5.92 Å². The standard InChI is InChI=1S/C11H14FN5O3/c12-5-4(1-18)8(19)7(9(5)20)17-3-16-6-10(13)14-2-15-11(6)17/h2-5,7-9,18-20H,1H2,(H2,13,14,15)/t4-,5-,7-,8+,9-/m1/s1. The van der Waals surface area contributed by atoms with Crippen LogP contribution in [0.2, 0.25) is 0 Å². The van der Waals surface area contributed by atoms with Crippen molar-refractivity contribution in [2.45, 2.75) is 24.4 Å². The molecule has 0 unspecified atom stereocenters. The van der Waals surface area contributed by atoms with Crippen LogP contribution in [-0.2, 0) is 0 Å². The topological polar surface area (TPSA) is 130 Å². The third-order valence-electron chi connectivity index (χ3n) is 3.79. The molecule has 0 spiro atoms. The normalized spacial score (nSPS) is 33.9. The first-order chi connectivity index (χ1) is 9.56. The molecule has 20 heavy (non-hydrogen) atoms. The highest BCUT2D eigenvalue weighted by atomic mass is 19.1. The minimum atomic E-state index is -1.73. The maximum absolute atomic E-state index is 13.9. The van der Waals surface area contributed by atoms with Crippen molar-refractivity contribution in [1.29, 1.82) is 0 Å². The largest absolute Gasteiger partial charge is 0.396 e. The number of hydrogen-bond donors (Lipinski definition) is 4. The summed E-state index contributed by atoms with van der Waals surface area (Å²) in [5, 5.41) is 29.2. The summed E-state index contributed by atoms with van der Waals surface area (Å²) in [6.07, 6.45) is -1.90. The van der Waals surface area contributed by atoms with Crippen LogP contribution >= 0.6 is 0 Å². The van der Waals surface area contributed by atoms with Crippen molar-refractivity contribution in [3.05, 3.63) is 12.7 Å². The molecule has 1 aliphatic carbocycles. The van der Waals surface area contributed by atoms with Gasteiger partial charge in [-0.05, 0) is 0 Å². The number of rotatable bonds is 2. The molecule has 0 amide bonds. The zero-order chi connectivity index (χ0) is 14.4. The summed E-state index contributed by atoms with van der Waals surface area (Å²) < 4.78 is 15.3. The third kappa shape index (κ3) is 1.67. The molecule has 0 aromatic carbocycles. The predicted molar refractivity (Wildman–Crippen MR) is 66.3 cm³/mol. The summed E-state index contributed by atoms with van der Waals surface area (Å²) in [4.78, 5) is 11.8. The number of fused-ring (bicyclic) bond motifs is 1. The van der Waals surface area contributed by atoms with Gasteiger partial charge < -0.3 is 25.6 Å². The van der Waals surface area contributed by atoms with E-state index in [1.807, 2.05) is 0 Å². The quantitative estimate of drug-likeness (QED) is 0.535. The number of aliphatic hydroxyl groups is 3. The lowest BCUT2D eigenvalue weighted by atomic mass is 10.1. The van der Waals surface area contributed by atoms with E-state index in [4.69, 9.17) is 10.8 Å². The highest BCUT2D eigenvalue weighted by Gasteiger charge is 2.51. The molecule has 2 aromatic rings. The molecule has 9 heteroatoms. The summed E-state index contributed by atoms with van der Waals surface area (Å²) in [5.41, 5.74) is 6.26. The number of hydrogen-bond acceptors (Lipinski definition) is 7. The van der Waals surface area contributed by atoms with Gasteiger partial charge in [0.25, 0.3) is 0 Å². The molecule has 8 nitrogen and oxygen atoms in total. The minimum Gasteiger partial charge on any atom is -0.396 e. The summed E-state index contributed by atoms with van der Waals surface area (Å²) in [6, 6.07) is -0.985. The van der Waals surface area contributed by atoms with E-state index in [2.05, 4.69) is 15.0 Å². The van der Waals surface area contributed by atoms with Crippen LogP contribution in [0.4, 0.5) is 10.2 Å². The number of nitrogens with two attached hydrogens (primary N) is 1. The van der Waals surface area contributed by atoms with Crippen molar-refractivity contribution in [3.8, 4) is 0 Å². The molecule has 1 saturated carbocycles. The van der Waals surface area contributed by atoms with Crippen molar-refractivity contribution in [2.75, 3.05) is 12.3 Å². The number of halogens is 1. The van der Waals surface area contributed by atoms with Crippen LogP contribution in [0.25, 0.3) is 11.2 Å². The van der Waals surface area contributed by atoms with Crippen molar-refractivity contribution in [3.63, 3.8) is 0 Å². The fourth-order valence-electron chi connectivity index (χ4n) is 2.71. The number of aliphatic hydroxyl groups excluding tert-OH is 3. The van der Waals surface area contributed by atoms with Crippen molar-refractivity contribution >= 4 is 17.0 Å². The van der Waals surface area contributed by atoms with Gasteiger partial charge in [-0.15, -0.1) is 0 Å². The van der Waals surface area contributed by atoms with Gasteiger partial charge >= 0.3 is 0 Å². The second kappa shape index (κ2) is 4.62. The lowest BCUT2D eigenvalue weighted by Gasteiger charge is -2.20. The van der Waals surface area contributed by atoms with Crippen LogP contribution in [0.5, 0.6) is 0 Å². The molecule has 1 fully saturated rings. The Morgan fingerprint density at radius 3 is 2.65 bits per heavy atom. The lowest BCUT2D eigenvalue weighted by Crippen LogP contribution is -2.29. The second-order valence-electron chi connectivity index (χ2n) is 4.85. The molecule has 0 saturated heterocycles. The Labute approximate surface area is 112 Å². The number of nitrogen functional groups attached to an aromatic ring is 1. The molecule has 0 radical (unpaired) electrons. The van der Waals surface area contributed by atoms with E-state index in [0.29, 0.717) is 11.2 Å². The lowest BCUT2D eigenvalue weighted by molar-refractivity contribution is 0.0452.